The van der Waals surface area contributed by atoms with Crippen LogP contribution >= 0.6 is 0 Å². The molecular formula is C43H30N2O. The summed E-state index contributed by atoms with van der Waals surface area (Å²) in [7, 11) is 0. The Balaban J connectivity index is 1.14. The van der Waals surface area contributed by atoms with Crippen LogP contribution < -0.4 is 9.64 Å². The highest BCUT2D eigenvalue weighted by Gasteiger charge is 2.35. The van der Waals surface area contributed by atoms with E-state index in [1.807, 2.05) is 0 Å². The summed E-state index contributed by atoms with van der Waals surface area (Å²) in [6, 6.07) is 52.6. The molecule has 0 saturated carbocycles. The molecule has 0 spiro atoms. The zero-order valence-corrected chi connectivity index (χ0v) is 25.7. The molecule has 0 bridgehead atoms. The zero-order valence-electron chi connectivity index (χ0n) is 25.7. The fraction of sp³-hybridized carbons (Fsp3) is 0.0698. The summed E-state index contributed by atoms with van der Waals surface area (Å²) in [5.74, 6) is 1.84. The molecule has 0 fully saturated rings. The number of hydrogen-bond acceptors (Lipinski definition) is 2. The van der Waals surface area contributed by atoms with E-state index in [0.717, 1.165) is 39.8 Å². The summed E-state index contributed by atoms with van der Waals surface area (Å²) in [6.07, 6.45) is 0. The van der Waals surface area contributed by atoms with Crippen molar-refractivity contribution in [2.24, 2.45) is 0 Å². The lowest BCUT2D eigenvalue weighted by atomic mass is 9.82. The summed E-state index contributed by atoms with van der Waals surface area (Å²) in [6.45, 7) is 4.68. The van der Waals surface area contributed by atoms with Crippen LogP contribution in [0.5, 0.6) is 11.5 Å². The van der Waals surface area contributed by atoms with Crippen molar-refractivity contribution >= 4 is 49.6 Å². The topological polar surface area (TPSA) is 17.4 Å². The predicted octanol–water partition coefficient (Wildman–Crippen LogP) is 11.8. The standard InChI is InChI=1S/C43H30N2O/c1-43(2)34-14-7-6-13-32(34)33-24-23-31(26-35(33)43)44(28-11-4-3-5-12-28)29-19-21-30(22-20-29)45-36-15-9-17-39-41(36)42-37(45)25-18-27-10-8-16-38(46-39)40(27)42/h3-26H,1-2H3. The fourth-order valence-corrected chi connectivity index (χ4v) is 8.03. The molecule has 1 aliphatic carbocycles. The minimum absolute atomic E-state index is 0.0685. The van der Waals surface area contributed by atoms with Crippen molar-refractivity contribution < 1.29 is 4.74 Å². The van der Waals surface area contributed by atoms with Gasteiger partial charge in [0.2, 0.25) is 0 Å². The van der Waals surface area contributed by atoms with Crippen LogP contribution in [0.4, 0.5) is 17.1 Å². The van der Waals surface area contributed by atoms with E-state index in [0.29, 0.717) is 0 Å². The highest BCUT2D eigenvalue weighted by molar-refractivity contribution is 6.26. The largest absolute Gasteiger partial charge is 0.456 e. The van der Waals surface area contributed by atoms with Crippen LogP contribution in [0.25, 0.3) is 49.4 Å². The lowest BCUT2D eigenvalue weighted by Crippen LogP contribution is -2.16. The molecule has 2 aliphatic rings. The van der Waals surface area contributed by atoms with Gasteiger partial charge in [0.25, 0.3) is 0 Å². The molecule has 1 aliphatic heterocycles. The van der Waals surface area contributed by atoms with Gasteiger partial charge in [-0.1, -0.05) is 86.6 Å². The second kappa shape index (κ2) is 9.12. The highest BCUT2D eigenvalue weighted by atomic mass is 16.5. The van der Waals surface area contributed by atoms with E-state index in [1.165, 1.54) is 49.3 Å². The molecule has 0 atom stereocenters. The van der Waals surface area contributed by atoms with Crippen molar-refractivity contribution in [3.8, 4) is 28.3 Å². The SMILES string of the molecule is CC1(C)c2ccccc2-c2ccc(N(c3ccccc3)c3ccc(-n4c5cccc6c5c5c7c(cccc7ccc54)O6)cc3)cc21. The summed E-state index contributed by atoms with van der Waals surface area (Å²) in [5, 5.41) is 4.84. The Kier molecular flexibility index (Phi) is 5.06. The Bertz CT molecular complexity index is 2520. The molecule has 2 heterocycles. The summed E-state index contributed by atoms with van der Waals surface area (Å²) in [4.78, 5) is 2.37. The van der Waals surface area contributed by atoms with Crippen molar-refractivity contribution in [1.29, 1.82) is 0 Å². The number of benzene rings is 7. The number of ether oxygens (including phenoxy) is 1. The average Bonchev–Trinajstić information content (AvgIpc) is 3.56. The monoisotopic (exact) mass is 590 g/mol. The second-order valence-electron chi connectivity index (χ2n) is 13.0. The van der Waals surface area contributed by atoms with Crippen LogP contribution in [0.2, 0.25) is 0 Å². The van der Waals surface area contributed by atoms with Crippen molar-refractivity contribution in [2.75, 3.05) is 4.90 Å². The van der Waals surface area contributed by atoms with Gasteiger partial charge in [-0.15, -0.1) is 0 Å². The molecule has 1 aromatic heterocycles. The van der Waals surface area contributed by atoms with E-state index in [-0.39, 0.29) is 5.41 Å². The van der Waals surface area contributed by atoms with Gasteiger partial charge in [0, 0.05) is 38.9 Å². The van der Waals surface area contributed by atoms with Crippen molar-refractivity contribution in [3.63, 3.8) is 0 Å². The molecule has 0 saturated heterocycles. The third-order valence-corrected chi connectivity index (χ3v) is 10.1. The average molecular weight is 591 g/mol. The van der Waals surface area contributed by atoms with Crippen molar-refractivity contribution in [3.05, 3.63) is 157 Å². The van der Waals surface area contributed by atoms with E-state index < -0.39 is 0 Å². The van der Waals surface area contributed by atoms with Gasteiger partial charge in [0.1, 0.15) is 11.5 Å². The van der Waals surface area contributed by atoms with Gasteiger partial charge in [0.15, 0.2) is 0 Å². The van der Waals surface area contributed by atoms with Gasteiger partial charge in [-0.05, 0) is 100 Å². The Morgan fingerprint density at radius 2 is 1.17 bits per heavy atom. The van der Waals surface area contributed by atoms with Crippen LogP contribution in [-0.4, -0.2) is 4.57 Å². The quantitative estimate of drug-likeness (QED) is 0.203. The number of hydrogen-bond donors (Lipinski definition) is 0. The molecule has 3 heteroatoms. The molecule has 10 rings (SSSR count). The van der Waals surface area contributed by atoms with Gasteiger partial charge < -0.3 is 14.2 Å². The zero-order chi connectivity index (χ0) is 30.6. The Hall–Kier alpha value is -5.80. The normalized spacial score (nSPS) is 13.8. The third-order valence-electron chi connectivity index (χ3n) is 10.1. The predicted molar refractivity (Wildman–Crippen MR) is 191 cm³/mol. The van der Waals surface area contributed by atoms with Gasteiger partial charge in [-0.2, -0.15) is 0 Å². The number of nitrogens with zero attached hydrogens (tertiary/aromatic N) is 2. The van der Waals surface area contributed by atoms with E-state index in [4.69, 9.17) is 4.74 Å². The number of rotatable bonds is 4. The van der Waals surface area contributed by atoms with E-state index >= 15 is 0 Å². The maximum Gasteiger partial charge on any atom is 0.137 e. The first-order valence-corrected chi connectivity index (χ1v) is 15.9. The van der Waals surface area contributed by atoms with Gasteiger partial charge in [-0.3, -0.25) is 0 Å². The van der Waals surface area contributed by atoms with Crippen molar-refractivity contribution in [2.45, 2.75) is 19.3 Å². The maximum absolute atomic E-state index is 6.43. The molecule has 3 nitrogen and oxygen atoms in total. The van der Waals surface area contributed by atoms with Crippen LogP contribution in [0.1, 0.15) is 25.0 Å². The highest BCUT2D eigenvalue weighted by Crippen LogP contribution is 2.51. The number of fused-ring (bicyclic) bond motifs is 3. The summed E-state index contributed by atoms with van der Waals surface area (Å²) in [5.41, 5.74) is 12.2. The third kappa shape index (κ3) is 3.37. The first kappa shape index (κ1) is 25.5. The Labute approximate surface area is 267 Å². The molecular weight excluding hydrogens is 560 g/mol. The Morgan fingerprint density at radius 1 is 0.500 bits per heavy atom. The lowest BCUT2D eigenvalue weighted by molar-refractivity contribution is 0.493. The van der Waals surface area contributed by atoms with Crippen molar-refractivity contribution in [1.82, 2.24) is 4.57 Å². The first-order valence-electron chi connectivity index (χ1n) is 15.9. The number of para-hydroxylation sites is 1. The summed E-state index contributed by atoms with van der Waals surface area (Å²) < 4.78 is 8.81. The fourth-order valence-electron chi connectivity index (χ4n) is 8.03. The number of aromatic nitrogens is 1. The van der Waals surface area contributed by atoms with E-state index in [2.05, 4.69) is 169 Å². The Morgan fingerprint density at radius 3 is 2.02 bits per heavy atom. The molecule has 8 aromatic rings. The molecule has 0 N–H and O–H groups in total. The van der Waals surface area contributed by atoms with E-state index in [9.17, 15) is 0 Å². The first-order chi connectivity index (χ1) is 22.6. The number of anilines is 3. The molecule has 0 unspecified atom stereocenters. The van der Waals surface area contributed by atoms with Gasteiger partial charge in [0.05, 0.1) is 16.4 Å². The smallest absolute Gasteiger partial charge is 0.137 e. The van der Waals surface area contributed by atoms with Crippen LogP contribution in [0, 0.1) is 0 Å². The maximum atomic E-state index is 6.43. The van der Waals surface area contributed by atoms with Gasteiger partial charge in [-0.25, -0.2) is 0 Å². The molecule has 7 aromatic carbocycles. The van der Waals surface area contributed by atoms with Gasteiger partial charge >= 0.3 is 0 Å². The van der Waals surface area contributed by atoms with E-state index in [1.54, 1.807) is 0 Å². The summed E-state index contributed by atoms with van der Waals surface area (Å²) >= 11 is 0. The van der Waals surface area contributed by atoms with Crippen LogP contribution in [0.15, 0.2) is 146 Å². The molecule has 0 amide bonds. The lowest BCUT2D eigenvalue weighted by Gasteiger charge is -2.28. The molecule has 218 valence electrons. The molecule has 0 radical (unpaired) electrons. The van der Waals surface area contributed by atoms with Crippen LogP contribution in [0.3, 0.4) is 0 Å². The molecule has 46 heavy (non-hydrogen) atoms. The second-order valence-corrected chi connectivity index (χ2v) is 13.0. The minimum Gasteiger partial charge on any atom is -0.456 e. The van der Waals surface area contributed by atoms with Crippen LogP contribution in [-0.2, 0) is 5.41 Å². The minimum atomic E-state index is -0.0685.